The summed E-state index contributed by atoms with van der Waals surface area (Å²) in [6.45, 7) is 2.04. The highest BCUT2D eigenvalue weighted by Crippen LogP contribution is 2.07. The molecule has 2 nitrogen and oxygen atoms in total. The molecule has 4 heteroatoms. The fourth-order valence-electron chi connectivity index (χ4n) is 1.03. The highest BCUT2D eigenvalue weighted by Gasteiger charge is 2.01. The molecule has 0 radical (unpaired) electrons. The van der Waals surface area contributed by atoms with Crippen molar-refractivity contribution >= 4 is 17.6 Å². The maximum absolute atomic E-state index is 12.6. The fraction of sp³-hybridized carbons (Fsp3) is 0.444. The Morgan fingerprint density at radius 3 is 3.00 bits per heavy atom. The second-order valence-electron chi connectivity index (χ2n) is 2.85. The highest BCUT2D eigenvalue weighted by atomic mass is 32.2. The number of rotatable bonds is 4. The minimum Gasteiger partial charge on any atom is -0.367 e. The highest BCUT2D eigenvalue weighted by molar-refractivity contribution is 7.98. The Kier molecular flexibility index (Phi) is 4.02. The molecular weight excluding hydrogens is 187 g/mol. The van der Waals surface area contributed by atoms with Crippen LogP contribution in [0.5, 0.6) is 0 Å². The molecule has 0 bridgehead atoms. The molecule has 1 aromatic heterocycles. The molecule has 0 aliphatic carbocycles. The van der Waals surface area contributed by atoms with E-state index >= 15 is 0 Å². The molecule has 13 heavy (non-hydrogen) atoms. The number of pyridine rings is 1. The average Bonchev–Trinajstić information content (AvgIpc) is 2.04. The molecular formula is C9H13FN2S. The normalized spacial score (nSPS) is 12.5. The van der Waals surface area contributed by atoms with Crippen molar-refractivity contribution in [3.05, 3.63) is 24.1 Å². The molecule has 1 atom stereocenters. The van der Waals surface area contributed by atoms with E-state index in [0.29, 0.717) is 11.9 Å². The lowest BCUT2D eigenvalue weighted by Crippen LogP contribution is -2.18. The van der Waals surface area contributed by atoms with Crippen LogP contribution in [-0.4, -0.2) is 23.0 Å². The molecule has 0 saturated carbocycles. The summed E-state index contributed by atoms with van der Waals surface area (Å²) in [5, 5.41) is 3.11. The third kappa shape index (κ3) is 3.63. The van der Waals surface area contributed by atoms with Gasteiger partial charge in [0.1, 0.15) is 5.82 Å². The molecule has 0 aliphatic heterocycles. The summed E-state index contributed by atoms with van der Waals surface area (Å²) in [6.07, 6.45) is 2.04. The zero-order chi connectivity index (χ0) is 9.68. The lowest BCUT2D eigenvalue weighted by Gasteiger charge is -2.12. The van der Waals surface area contributed by atoms with Gasteiger partial charge in [-0.1, -0.05) is 6.07 Å². The Labute approximate surface area is 81.9 Å². The molecule has 0 aliphatic rings. The van der Waals surface area contributed by atoms with Crippen molar-refractivity contribution in [1.82, 2.24) is 4.98 Å². The molecule has 1 heterocycles. The van der Waals surface area contributed by atoms with Crippen LogP contribution < -0.4 is 5.32 Å². The van der Waals surface area contributed by atoms with E-state index in [0.717, 1.165) is 5.75 Å². The largest absolute Gasteiger partial charge is 0.367 e. The minimum atomic E-state index is -0.443. The lowest BCUT2D eigenvalue weighted by molar-refractivity contribution is 0.584. The quantitative estimate of drug-likeness (QED) is 0.755. The van der Waals surface area contributed by atoms with Crippen LogP contribution >= 0.6 is 11.8 Å². The van der Waals surface area contributed by atoms with Gasteiger partial charge in [0, 0.05) is 11.8 Å². The van der Waals surface area contributed by atoms with Gasteiger partial charge in [0.05, 0.1) is 0 Å². The predicted octanol–water partition coefficient (Wildman–Crippen LogP) is 2.38. The number of nitrogens with zero attached hydrogens (tertiary/aromatic N) is 1. The Morgan fingerprint density at radius 1 is 1.62 bits per heavy atom. The SMILES string of the molecule is CSCC(C)Nc1cccc(F)n1. The Bertz CT molecular complexity index is 268. The van der Waals surface area contributed by atoms with Gasteiger partial charge in [0.15, 0.2) is 0 Å². The van der Waals surface area contributed by atoms with Gasteiger partial charge >= 0.3 is 0 Å². The maximum Gasteiger partial charge on any atom is 0.214 e. The van der Waals surface area contributed by atoms with E-state index in [-0.39, 0.29) is 0 Å². The molecule has 0 spiro atoms. The first-order valence-corrected chi connectivity index (χ1v) is 5.50. The van der Waals surface area contributed by atoms with E-state index in [4.69, 9.17) is 0 Å². The van der Waals surface area contributed by atoms with Crippen molar-refractivity contribution in [2.24, 2.45) is 0 Å². The van der Waals surface area contributed by atoms with Gasteiger partial charge in [0.2, 0.25) is 5.95 Å². The smallest absolute Gasteiger partial charge is 0.214 e. The zero-order valence-electron chi connectivity index (χ0n) is 7.75. The molecule has 1 N–H and O–H groups in total. The van der Waals surface area contributed by atoms with Crippen molar-refractivity contribution in [2.75, 3.05) is 17.3 Å². The lowest BCUT2D eigenvalue weighted by atomic mass is 10.3. The standard InChI is InChI=1S/C9H13FN2S/c1-7(6-13-2)11-9-5-3-4-8(10)12-9/h3-5,7H,6H2,1-2H3,(H,11,12). The van der Waals surface area contributed by atoms with Crippen LogP contribution in [0.15, 0.2) is 18.2 Å². The van der Waals surface area contributed by atoms with E-state index in [2.05, 4.69) is 10.3 Å². The Hall–Kier alpha value is -0.770. The van der Waals surface area contributed by atoms with Crippen molar-refractivity contribution < 1.29 is 4.39 Å². The van der Waals surface area contributed by atoms with Crippen LogP contribution in [0, 0.1) is 5.95 Å². The van der Waals surface area contributed by atoms with Gasteiger partial charge in [-0.3, -0.25) is 0 Å². The number of hydrogen-bond acceptors (Lipinski definition) is 3. The molecule has 0 aromatic carbocycles. The number of nitrogens with one attached hydrogen (secondary N) is 1. The van der Waals surface area contributed by atoms with Gasteiger partial charge in [-0.2, -0.15) is 16.2 Å². The van der Waals surface area contributed by atoms with E-state index < -0.39 is 5.95 Å². The molecule has 1 unspecified atom stereocenters. The van der Waals surface area contributed by atoms with Crippen LogP contribution in [0.2, 0.25) is 0 Å². The van der Waals surface area contributed by atoms with Crippen molar-refractivity contribution in [2.45, 2.75) is 13.0 Å². The van der Waals surface area contributed by atoms with Gasteiger partial charge < -0.3 is 5.32 Å². The number of hydrogen-bond donors (Lipinski definition) is 1. The monoisotopic (exact) mass is 200 g/mol. The summed E-state index contributed by atoms with van der Waals surface area (Å²) in [6, 6.07) is 5.06. The van der Waals surface area contributed by atoms with Crippen LogP contribution in [0.4, 0.5) is 10.2 Å². The van der Waals surface area contributed by atoms with Crippen molar-refractivity contribution in [3.63, 3.8) is 0 Å². The van der Waals surface area contributed by atoms with Crippen LogP contribution in [-0.2, 0) is 0 Å². The first-order chi connectivity index (χ1) is 6.22. The summed E-state index contributed by atoms with van der Waals surface area (Å²) in [5.74, 6) is 1.14. The third-order valence-electron chi connectivity index (χ3n) is 1.53. The van der Waals surface area contributed by atoms with Crippen molar-refractivity contribution in [3.8, 4) is 0 Å². The van der Waals surface area contributed by atoms with Crippen LogP contribution in [0.3, 0.4) is 0 Å². The number of aromatic nitrogens is 1. The maximum atomic E-state index is 12.6. The number of halogens is 1. The summed E-state index contributed by atoms with van der Waals surface area (Å²) in [7, 11) is 0. The van der Waals surface area contributed by atoms with Gasteiger partial charge in [-0.25, -0.2) is 4.98 Å². The molecule has 1 aromatic rings. The summed E-state index contributed by atoms with van der Waals surface area (Å²) in [5.41, 5.74) is 0. The van der Waals surface area contributed by atoms with Crippen LogP contribution in [0.1, 0.15) is 6.92 Å². The first kappa shape index (κ1) is 10.3. The Balaban J connectivity index is 2.53. The molecule has 0 amide bonds. The van der Waals surface area contributed by atoms with E-state index in [9.17, 15) is 4.39 Å². The molecule has 0 saturated heterocycles. The van der Waals surface area contributed by atoms with Gasteiger partial charge in [-0.15, -0.1) is 0 Å². The first-order valence-electron chi connectivity index (χ1n) is 4.10. The third-order valence-corrected chi connectivity index (χ3v) is 2.36. The summed E-state index contributed by atoms with van der Waals surface area (Å²) in [4.78, 5) is 3.71. The fourth-order valence-corrected chi connectivity index (χ4v) is 1.62. The van der Waals surface area contributed by atoms with E-state index in [1.165, 1.54) is 6.07 Å². The van der Waals surface area contributed by atoms with Crippen LogP contribution in [0.25, 0.3) is 0 Å². The second kappa shape index (κ2) is 5.07. The average molecular weight is 200 g/mol. The minimum absolute atomic E-state index is 0.310. The number of anilines is 1. The van der Waals surface area contributed by atoms with Gasteiger partial charge in [-0.05, 0) is 25.3 Å². The molecule has 1 rings (SSSR count). The van der Waals surface area contributed by atoms with Crippen molar-refractivity contribution in [1.29, 1.82) is 0 Å². The van der Waals surface area contributed by atoms with E-state index in [1.54, 1.807) is 23.9 Å². The predicted molar refractivity (Wildman–Crippen MR) is 55.7 cm³/mol. The Morgan fingerprint density at radius 2 is 2.38 bits per heavy atom. The second-order valence-corrected chi connectivity index (χ2v) is 3.76. The molecule has 0 fully saturated rings. The number of thioether (sulfide) groups is 1. The van der Waals surface area contributed by atoms with E-state index in [1.807, 2.05) is 13.2 Å². The summed E-state index contributed by atoms with van der Waals surface area (Å²) >= 11 is 1.75. The van der Waals surface area contributed by atoms with Gasteiger partial charge in [0.25, 0.3) is 0 Å². The zero-order valence-corrected chi connectivity index (χ0v) is 8.57. The topological polar surface area (TPSA) is 24.9 Å². The molecule has 72 valence electrons. The summed E-state index contributed by atoms with van der Waals surface area (Å²) < 4.78 is 12.6.